The standard InChI is InChI=1S/C15H23ClN2O3/c1-14(2,3)21-13(19)18-12-7-6-10(16)8-11(12)15(4,5)9-20-17/h6-8H,9,17H2,1-5H3,(H,18,19). The Hall–Kier alpha value is -1.30. The highest BCUT2D eigenvalue weighted by molar-refractivity contribution is 6.30. The fourth-order valence-corrected chi connectivity index (χ4v) is 2.06. The van der Waals surface area contributed by atoms with Crippen LogP contribution in [0.4, 0.5) is 10.5 Å². The van der Waals surface area contributed by atoms with Gasteiger partial charge in [-0.1, -0.05) is 25.4 Å². The van der Waals surface area contributed by atoms with Gasteiger partial charge in [-0.25, -0.2) is 10.7 Å². The maximum Gasteiger partial charge on any atom is 0.412 e. The lowest BCUT2D eigenvalue weighted by molar-refractivity contribution is 0.0635. The minimum atomic E-state index is -0.563. The molecule has 0 radical (unpaired) electrons. The lowest BCUT2D eigenvalue weighted by Crippen LogP contribution is -2.30. The first-order chi connectivity index (χ1) is 9.55. The van der Waals surface area contributed by atoms with Crippen LogP contribution in [0.15, 0.2) is 18.2 Å². The number of benzene rings is 1. The van der Waals surface area contributed by atoms with Gasteiger partial charge in [0.2, 0.25) is 0 Å². The summed E-state index contributed by atoms with van der Waals surface area (Å²) in [5.41, 5.74) is 0.471. The molecule has 21 heavy (non-hydrogen) atoms. The van der Waals surface area contributed by atoms with Gasteiger partial charge in [-0.3, -0.25) is 5.32 Å². The van der Waals surface area contributed by atoms with Gasteiger partial charge in [0.05, 0.1) is 6.61 Å². The number of nitrogens with two attached hydrogens (primary N) is 1. The molecule has 0 spiro atoms. The highest BCUT2D eigenvalue weighted by Gasteiger charge is 2.26. The second-order valence-electron chi connectivity index (χ2n) is 6.51. The summed E-state index contributed by atoms with van der Waals surface area (Å²) in [6.07, 6.45) is -0.518. The van der Waals surface area contributed by atoms with Crippen LogP contribution in [0, 0.1) is 0 Å². The Morgan fingerprint density at radius 2 is 1.90 bits per heavy atom. The quantitative estimate of drug-likeness (QED) is 0.828. The number of hydrogen-bond donors (Lipinski definition) is 2. The highest BCUT2D eigenvalue weighted by Crippen LogP contribution is 2.32. The largest absolute Gasteiger partial charge is 0.444 e. The molecule has 0 aliphatic heterocycles. The van der Waals surface area contributed by atoms with Gasteiger partial charge in [-0.05, 0) is 44.5 Å². The molecule has 5 nitrogen and oxygen atoms in total. The van der Waals surface area contributed by atoms with Crippen LogP contribution >= 0.6 is 11.6 Å². The molecule has 0 aliphatic carbocycles. The summed E-state index contributed by atoms with van der Waals surface area (Å²) >= 11 is 6.05. The number of halogens is 1. The van der Waals surface area contributed by atoms with E-state index in [2.05, 4.69) is 5.32 Å². The molecule has 0 aromatic heterocycles. The third kappa shape index (κ3) is 5.53. The number of anilines is 1. The molecule has 0 saturated heterocycles. The molecule has 0 saturated carbocycles. The zero-order valence-electron chi connectivity index (χ0n) is 13.1. The normalized spacial score (nSPS) is 12.1. The monoisotopic (exact) mass is 314 g/mol. The molecule has 0 fully saturated rings. The van der Waals surface area contributed by atoms with Crippen molar-refractivity contribution in [3.8, 4) is 0 Å². The van der Waals surface area contributed by atoms with E-state index in [0.29, 0.717) is 10.7 Å². The fraction of sp³-hybridized carbons (Fsp3) is 0.533. The maximum atomic E-state index is 11.9. The molecule has 0 atom stereocenters. The van der Waals surface area contributed by atoms with Crippen molar-refractivity contribution in [3.05, 3.63) is 28.8 Å². The summed E-state index contributed by atoms with van der Waals surface area (Å²) in [7, 11) is 0. The molecule has 0 bridgehead atoms. The van der Waals surface area contributed by atoms with Gasteiger partial charge in [0.25, 0.3) is 0 Å². The van der Waals surface area contributed by atoms with Crippen molar-refractivity contribution in [1.82, 2.24) is 0 Å². The summed E-state index contributed by atoms with van der Waals surface area (Å²) < 4.78 is 5.26. The van der Waals surface area contributed by atoms with Gasteiger partial charge in [0, 0.05) is 16.1 Å². The molecule has 6 heteroatoms. The predicted molar refractivity (Wildman–Crippen MR) is 84.5 cm³/mol. The number of nitrogens with one attached hydrogen (secondary N) is 1. The topological polar surface area (TPSA) is 73.6 Å². The molecule has 1 rings (SSSR count). The van der Waals surface area contributed by atoms with E-state index in [-0.39, 0.29) is 6.61 Å². The molecule has 3 N–H and O–H groups in total. The molecular formula is C15H23ClN2O3. The van der Waals surface area contributed by atoms with E-state index in [1.165, 1.54) is 0 Å². The maximum absolute atomic E-state index is 11.9. The molecule has 118 valence electrons. The van der Waals surface area contributed by atoms with Crippen LogP contribution in [-0.4, -0.2) is 18.3 Å². The molecule has 1 amide bonds. The second-order valence-corrected chi connectivity index (χ2v) is 6.95. The Morgan fingerprint density at radius 1 is 1.29 bits per heavy atom. The van der Waals surface area contributed by atoms with Gasteiger partial charge in [0.1, 0.15) is 5.60 Å². The summed E-state index contributed by atoms with van der Waals surface area (Å²) in [5, 5.41) is 3.32. The third-order valence-corrected chi connectivity index (χ3v) is 3.03. The molecule has 1 aromatic carbocycles. The van der Waals surface area contributed by atoms with Crippen molar-refractivity contribution in [1.29, 1.82) is 0 Å². The molecule has 0 aliphatic rings. The number of ether oxygens (including phenoxy) is 1. The number of carbonyl (C=O) groups is 1. The Kier molecular flexibility index (Phi) is 5.61. The van der Waals surface area contributed by atoms with Crippen LogP contribution in [0.25, 0.3) is 0 Å². The average molecular weight is 315 g/mol. The van der Waals surface area contributed by atoms with Crippen molar-refractivity contribution in [2.45, 2.75) is 45.6 Å². The van der Waals surface area contributed by atoms with Crippen molar-refractivity contribution in [2.75, 3.05) is 11.9 Å². The van der Waals surface area contributed by atoms with E-state index >= 15 is 0 Å². The van der Waals surface area contributed by atoms with E-state index in [0.717, 1.165) is 5.56 Å². The van der Waals surface area contributed by atoms with E-state index in [9.17, 15) is 4.79 Å². The van der Waals surface area contributed by atoms with Crippen LogP contribution in [0.2, 0.25) is 5.02 Å². The first kappa shape index (κ1) is 17.8. The minimum Gasteiger partial charge on any atom is -0.444 e. The summed E-state index contributed by atoms with van der Waals surface area (Å²) in [6.45, 7) is 9.61. The van der Waals surface area contributed by atoms with Gasteiger partial charge in [-0.2, -0.15) is 0 Å². The van der Waals surface area contributed by atoms with Gasteiger partial charge in [0.15, 0.2) is 0 Å². The number of amides is 1. The Labute approximate surface area is 130 Å². The van der Waals surface area contributed by atoms with Crippen molar-refractivity contribution < 1.29 is 14.4 Å². The van der Waals surface area contributed by atoms with Crippen LogP contribution in [0.5, 0.6) is 0 Å². The summed E-state index contributed by atoms with van der Waals surface area (Å²) in [4.78, 5) is 16.7. The SMILES string of the molecule is CC(C)(C)OC(=O)Nc1ccc(Cl)cc1C(C)(C)CON. The van der Waals surface area contributed by atoms with Crippen molar-refractivity contribution in [2.24, 2.45) is 5.90 Å². The average Bonchev–Trinajstić information content (AvgIpc) is 2.28. The van der Waals surface area contributed by atoms with E-state index in [1.54, 1.807) is 18.2 Å². The Morgan fingerprint density at radius 3 is 2.43 bits per heavy atom. The smallest absolute Gasteiger partial charge is 0.412 e. The fourth-order valence-electron chi connectivity index (χ4n) is 1.89. The van der Waals surface area contributed by atoms with E-state index in [4.69, 9.17) is 27.1 Å². The second kappa shape index (κ2) is 6.64. The van der Waals surface area contributed by atoms with E-state index in [1.807, 2.05) is 34.6 Å². The van der Waals surface area contributed by atoms with Crippen molar-refractivity contribution in [3.63, 3.8) is 0 Å². The van der Waals surface area contributed by atoms with Crippen LogP contribution in [0.1, 0.15) is 40.2 Å². The predicted octanol–water partition coefficient (Wildman–Crippen LogP) is 3.85. The molecule has 0 unspecified atom stereocenters. The Bertz CT molecular complexity index is 510. The lowest BCUT2D eigenvalue weighted by atomic mass is 9.84. The van der Waals surface area contributed by atoms with Gasteiger partial charge < -0.3 is 9.57 Å². The summed E-state index contributed by atoms with van der Waals surface area (Å²) in [6, 6.07) is 5.23. The van der Waals surface area contributed by atoms with Gasteiger partial charge >= 0.3 is 6.09 Å². The minimum absolute atomic E-state index is 0.288. The lowest BCUT2D eigenvalue weighted by Gasteiger charge is -2.27. The van der Waals surface area contributed by atoms with Crippen molar-refractivity contribution >= 4 is 23.4 Å². The van der Waals surface area contributed by atoms with Crippen LogP contribution < -0.4 is 11.2 Å². The number of carbonyl (C=O) groups excluding carboxylic acids is 1. The molecular weight excluding hydrogens is 292 g/mol. The molecule has 1 aromatic rings. The third-order valence-electron chi connectivity index (χ3n) is 2.79. The molecule has 0 heterocycles. The Balaban J connectivity index is 3.05. The van der Waals surface area contributed by atoms with Crippen LogP contribution in [0.3, 0.4) is 0 Å². The highest BCUT2D eigenvalue weighted by atomic mass is 35.5. The van der Waals surface area contributed by atoms with Crippen LogP contribution in [-0.2, 0) is 15.0 Å². The van der Waals surface area contributed by atoms with E-state index < -0.39 is 17.1 Å². The number of rotatable bonds is 4. The first-order valence-corrected chi connectivity index (χ1v) is 7.05. The first-order valence-electron chi connectivity index (χ1n) is 6.67. The summed E-state index contributed by atoms with van der Waals surface area (Å²) in [5.74, 6) is 5.18. The van der Waals surface area contributed by atoms with Gasteiger partial charge in [-0.15, -0.1) is 0 Å². The zero-order valence-corrected chi connectivity index (χ0v) is 13.9. The number of hydrogen-bond acceptors (Lipinski definition) is 4. The zero-order chi connectivity index (χ0) is 16.3.